The lowest BCUT2D eigenvalue weighted by Crippen LogP contribution is -2.35. The van der Waals surface area contributed by atoms with Crippen LogP contribution >= 0.6 is 0 Å². The van der Waals surface area contributed by atoms with Crippen LogP contribution in [0.4, 0.5) is 5.69 Å². The molecule has 27 heavy (non-hydrogen) atoms. The number of benzene rings is 2. The molecule has 5 nitrogen and oxygen atoms in total. The number of rotatable bonds is 6. The molecule has 2 aromatic carbocycles. The molecule has 0 aromatic heterocycles. The second-order valence-electron chi connectivity index (χ2n) is 6.70. The monoisotopic (exact) mass is 362 g/mol. The zero-order valence-electron chi connectivity index (χ0n) is 15.4. The molecule has 0 spiro atoms. The first-order valence-corrected chi connectivity index (χ1v) is 9.11. The maximum atomic E-state index is 12.6. The molecule has 2 aromatic rings. The van der Waals surface area contributed by atoms with E-state index in [0.29, 0.717) is 11.3 Å². The molecule has 0 fully saturated rings. The number of hydrogen-bond acceptors (Lipinski definition) is 4. The largest absolute Gasteiger partial charge is 0.452 e. The summed E-state index contributed by atoms with van der Waals surface area (Å²) in [6.07, 6.45) is 3.34. The van der Waals surface area contributed by atoms with Crippen molar-refractivity contribution in [3.63, 3.8) is 0 Å². The number of esters is 1. The molecule has 0 radical (unpaired) electrons. The van der Waals surface area contributed by atoms with E-state index in [4.69, 9.17) is 10.00 Å². The van der Waals surface area contributed by atoms with Crippen molar-refractivity contribution < 1.29 is 14.3 Å². The standard InChI is InChI=1S/C22H22N2O3/c1-16-6-10-20(11-7-16)24(13-3-12-23)21(25)15-27-22(26)19-9-8-17-4-2-5-18(17)14-19/h6-11,14H,2-5,13,15H2,1H3. The Bertz CT molecular complexity index is 881. The van der Waals surface area contributed by atoms with Gasteiger partial charge < -0.3 is 9.64 Å². The first kappa shape index (κ1) is 18.7. The fraction of sp³-hybridized carbons (Fsp3) is 0.318. The molecule has 3 rings (SSSR count). The summed E-state index contributed by atoms with van der Waals surface area (Å²) in [7, 11) is 0. The summed E-state index contributed by atoms with van der Waals surface area (Å²) in [6, 6.07) is 15.1. The number of nitrogens with zero attached hydrogens (tertiary/aromatic N) is 2. The number of anilines is 1. The Kier molecular flexibility index (Phi) is 5.87. The highest BCUT2D eigenvalue weighted by Gasteiger charge is 2.19. The van der Waals surface area contributed by atoms with E-state index in [1.54, 1.807) is 6.07 Å². The van der Waals surface area contributed by atoms with Crippen LogP contribution in [0.1, 0.15) is 39.9 Å². The maximum Gasteiger partial charge on any atom is 0.338 e. The third-order valence-corrected chi connectivity index (χ3v) is 4.75. The Hall–Kier alpha value is -3.13. The SMILES string of the molecule is Cc1ccc(N(CCC#N)C(=O)COC(=O)c2ccc3c(c2)CCC3)cc1. The summed E-state index contributed by atoms with van der Waals surface area (Å²) in [5.74, 6) is -0.842. The highest BCUT2D eigenvalue weighted by Crippen LogP contribution is 2.23. The molecule has 0 saturated heterocycles. The van der Waals surface area contributed by atoms with E-state index >= 15 is 0 Å². The van der Waals surface area contributed by atoms with Gasteiger partial charge in [0.15, 0.2) is 6.61 Å². The molecule has 0 bridgehead atoms. The quantitative estimate of drug-likeness (QED) is 0.737. The molecule has 0 atom stereocenters. The molecule has 0 aliphatic heterocycles. The van der Waals surface area contributed by atoms with Gasteiger partial charge in [-0.1, -0.05) is 23.8 Å². The van der Waals surface area contributed by atoms with Crippen molar-refractivity contribution in [2.24, 2.45) is 0 Å². The molecule has 0 unspecified atom stereocenters. The van der Waals surface area contributed by atoms with Gasteiger partial charge >= 0.3 is 5.97 Å². The third-order valence-electron chi connectivity index (χ3n) is 4.75. The second-order valence-corrected chi connectivity index (χ2v) is 6.70. The number of carbonyl (C=O) groups is 2. The summed E-state index contributed by atoms with van der Waals surface area (Å²) >= 11 is 0. The fourth-order valence-electron chi connectivity index (χ4n) is 3.27. The summed E-state index contributed by atoms with van der Waals surface area (Å²) in [5, 5.41) is 8.86. The van der Waals surface area contributed by atoms with E-state index in [-0.39, 0.29) is 25.5 Å². The molecule has 1 aliphatic rings. The van der Waals surface area contributed by atoms with Crippen molar-refractivity contribution in [2.45, 2.75) is 32.6 Å². The third kappa shape index (κ3) is 4.53. The van der Waals surface area contributed by atoms with Gasteiger partial charge in [-0.25, -0.2) is 4.79 Å². The number of aryl methyl sites for hydroxylation is 3. The van der Waals surface area contributed by atoms with Gasteiger partial charge in [-0.2, -0.15) is 5.26 Å². The lowest BCUT2D eigenvalue weighted by molar-refractivity contribution is -0.121. The van der Waals surface area contributed by atoms with Gasteiger partial charge in [-0.3, -0.25) is 4.79 Å². The normalized spacial score (nSPS) is 12.1. The van der Waals surface area contributed by atoms with Crippen LogP contribution in [-0.4, -0.2) is 25.0 Å². The van der Waals surface area contributed by atoms with Crippen LogP contribution in [0.2, 0.25) is 0 Å². The van der Waals surface area contributed by atoms with Crippen molar-refractivity contribution in [3.05, 3.63) is 64.7 Å². The predicted octanol–water partition coefficient (Wildman–Crippen LogP) is 3.59. The van der Waals surface area contributed by atoms with Crippen LogP contribution in [0.5, 0.6) is 0 Å². The molecule has 0 N–H and O–H groups in total. The molecule has 0 heterocycles. The van der Waals surface area contributed by atoms with Gasteiger partial charge in [0.2, 0.25) is 0 Å². The van der Waals surface area contributed by atoms with Crippen LogP contribution in [0.15, 0.2) is 42.5 Å². The van der Waals surface area contributed by atoms with Gasteiger partial charge in [-0.05, 0) is 61.6 Å². The van der Waals surface area contributed by atoms with E-state index in [1.807, 2.05) is 49.4 Å². The van der Waals surface area contributed by atoms with Crippen LogP contribution in [-0.2, 0) is 22.4 Å². The lowest BCUT2D eigenvalue weighted by Gasteiger charge is -2.22. The fourth-order valence-corrected chi connectivity index (χ4v) is 3.27. The van der Waals surface area contributed by atoms with Gasteiger partial charge in [-0.15, -0.1) is 0 Å². The highest BCUT2D eigenvalue weighted by molar-refractivity contribution is 5.97. The number of amides is 1. The van der Waals surface area contributed by atoms with Crippen LogP contribution < -0.4 is 4.90 Å². The minimum Gasteiger partial charge on any atom is -0.452 e. The number of nitriles is 1. The van der Waals surface area contributed by atoms with E-state index < -0.39 is 5.97 Å². The smallest absolute Gasteiger partial charge is 0.338 e. The zero-order chi connectivity index (χ0) is 19.2. The summed E-state index contributed by atoms with van der Waals surface area (Å²) in [6.45, 7) is 1.87. The number of fused-ring (bicyclic) bond motifs is 1. The summed E-state index contributed by atoms with van der Waals surface area (Å²) in [4.78, 5) is 26.4. The topological polar surface area (TPSA) is 70.4 Å². The van der Waals surface area contributed by atoms with Crippen LogP contribution in [0.25, 0.3) is 0 Å². The lowest BCUT2D eigenvalue weighted by atomic mass is 10.1. The predicted molar refractivity (Wildman–Crippen MR) is 103 cm³/mol. The molecular formula is C22H22N2O3. The van der Waals surface area contributed by atoms with E-state index in [9.17, 15) is 9.59 Å². The molecule has 138 valence electrons. The Morgan fingerprint density at radius 1 is 1.11 bits per heavy atom. The molecule has 1 amide bonds. The van der Waals surface area contributed by atoms with Crippen LogP contribution in [0, 0.1) is 18.3 Å². The van der Waals surface area contributed by atoms with Crippen molar-refractivity contribution in [2.75, 3.05) is 18.1 Å². The highest BCUT2D eigenvalue weighted by atomic mass is 16.5. The molecule has 5 heteroatoms. The summed E-state index contributed by atoms with van der Waals surface area (Å²) in [5.41, 5.74) is 4.71. The Balaban J connectivity index is 1.65. The maximum absolute atomic E-state index is 12.6. The number of ether oxygens (including phenoxy) is 1. The molecule has 0 saturated carbocycles. The van der Waals surface area contributed by atoms with Crippen LogP contribution in [0.3, 0.4) is 0 Å². The minimum absolute atomic E-state index is 0.207. The van der Waals surface area contributed by atoms with Gasteiger partial charge in [0, 0.05) is 12.2 Å². The van der Waals surface area contributed by atoms with E-state index in [0.717, 1.165) is 24.8 Å². The average Bonchev–Trinajstić information content (AvgIpc) is 3.15. The van der Waals surface area contributed by atoms with Crippen molar-refractivity contribution in [3.8, 4) is 6.07 Å². The van der Waals surface area contributed by atoms with Gasteiger partial charge in [0.05, 0.1) is 18.1 Å². The van der Waals surface area contributed by atoms with Crippen molar-refractivity contribution in [1.29, 1.82) is 5.26 Å². The van der Waals surface area contributed by atoms with Crippen molar-refractivity contribution in [1.82, 2.24) is 0 Å². The van der Waals surface area contributed by atoms with Gasteiger partial charge in [0.25, 0.3) is 5.91 Å². The number of carbonyl (C=O) groups excluding carboxylic acids is 2. The average molecular weight is 362 g/mol. The molecule has 1 aliphatic carbocycles. The van der Waals surface area contributed by atoms with Gasteiger partial charge in [0.1, 0.15) is 0 Å². The summed E-state index contributed by atoms with van der Waals surface area (Å²) < 4.78 is 5.24. The Morgan fingerprint density at radius 3 is 2.59 bits per heavy atom. The van der Waals surface area contributed by atoms with E-state index in [1.165, 1.54) is 16.0 Å². The number of hydrogen-bond donors (Lipinski definition) is 0. The zero-order valence-corrected chi connectivity index (χ0v) is 15.4. The van der Waals surface area contributed by atoms with Crippen molar-refractivity contribution >= 4 is 17.6 Å². The first-order chi connectivity index (χ1) is 13.1. The Morgan fingerprint density at radius 2 is 1.85 bits per heavy atom. The first-order valence-electron chi connectivity index (χ1n) is 9.11. The molecular weight excluding hydrogens is 340 g/mol. The van der Waals surface area contributed by atoms with E-state index in [2.05, 4.69) is 0 Å². The minimum atomic E-state index is -0.498. The Labute approximate surface area is 159 Å². The second kappa shape index (κ2) is 8.50.